The van der Waals surface area contributed by atoms with Gasteiger partial charge in [-0.05, 0) is 38.3 Å². The first-order chi connectivity index (χ1) is 23.9. The number of benzene rings is 1. The molecule has 0 bridgehead atoms. The zero-order valence-electron chi connectivity index (χ0n) is 30.3. The number of halogens is 1. The molecule has 1 aromatic carbocycles. The second-order valence-corrected chi connectivity index (χ2v) is 14.9. The van der Waals surface area contributed by atoms with Gasteiger partial charge in [0.2, 0.25) is 6.73 Å². The van der Waals surface area contributed by atoms with E-state index in [1.165, 1.54) is 82.8 Å². The lowest BCUT2D eigenvalue weighted by molar-refractivity contribution is -0.948. The number of rotatable bonds is 20. The molecular weight excluding hydrogens is 619 g/mol. The fourth-order valence-electron chi connectivity index (χ4n) is 7.97. The Hall–Kier alpha value is -3.07. The number of carbonyl (C=O) groups is 1. The molecule has 2 aromatic heterocycles. The number of aromatic nitrogens is 3. The van der Waals surface area contributed by atoms with Crippen molar-refractivity contribution < 1.29 is 22.9 Å². The van der Waals surface area contributed by atoms with Crippen molar-refractivity contribution in [2.75, 3.05) is 26.4 Å². The number of aryl methyl sites for hydroxylation is 2. The second kappa shape index (κ2) is 18.8. The minimum absolute atomic E-state index is 0.0935. The SMILES string of the molecule is CCCCCCCCCCCCCCCC(=O)OC[N+]1(CCc2c(C)nc3n(c2=O)CCCC3)CCC(c2noc3cc(F)ccc23)CC1. The van der Waals surface area contributed by atoms with Gasteiger partial charge in [-0.1, -0.05) is 89.1 Å². The second-order valence-electron chi connectivity index (χ2n) is 14.9. The Bertz CT molecular complexity index is 1540. The van der Waals surface area contributed by atoms with Gasteiger partial charge in [0.1, 0.15) is 11.6 Å². The van der Waals surface area contributed by atoms with E-state index in [-0.39, 0.29) is 23.3 Å². The highest BCUT2D eigenvalue weighted by molar-refractivity contribution is 5.79. The molecule has 9 heteroatoms. The Balaban J connectivity index is 1.11. The molecule has 2 aliphatic heterocycles. The topological polar surface area (TPSA) is 87.2 Å². The van der Waals surface area contributed by atoms with Crippen LogP contribution in [0, 0.1) is 12.7 Å². The van der Waals surface area contributed by atoms with E-state index >= 15 is 0 Å². The van der Waals surface area contributed by atoms with Crippen LogP contribution in [0.1, 0.15) is 151 Å². The molecule has 1 fully saturated rings. The quantitative estimate of drug-likeness (QED) is 0.0673. The van der Waals surface area contributed by atoms with Crippen molar-refractivity contribution in [1.82, 2.24) is 14.7 Å². The van der Waals surface area contributed by atoms with Gasteiger partial charge in [-0.2, -0.15) is 0 Å². The summed E-state index contributed by atoms with van der Waals surface area (Å²) in [6.07, 6.45) is 22.2. The molecule has 270 valence electrons. The van der Waals surface area contributed by atoms with Gasteiger partial charge in [0.05, 0.1) is 25.3 Å². The summed E-state index contributed by atoms with van der Waals surface area (Å²) in [4.78, 5) is 31.3. The molecule has 0 unspecified atom stereocenters. The lowest BCUT2D eigenvalue weighted by Crippen LogP contribution is -2.55. The normalized spacial score (nSPS) is 19.3. The number of hydrogen-bond donors (Lipinski definition) is 0. The molecule has 5 rings (SSSR count). The molecule has 0 saturated carbocycles. The minimum atomic E-state index is -0.335. The number of ether oxygens (including phenoxy) is 1. The van der Waals surface area contributed by atoms with Crippen molar-refractivity contribution in [3.8, 4) is 0 Å². The van der Waals surface area contributed by atoms with E-state index in [0.29, 0.717) is 36.2 Å². The monoisotopic (exact) mass is 679 g/mol. The lowest BCUT2D eigenvalue weighted by atomic mass is 9.90. The van der Waals surface area contributed by atoms with E-state index in [1.807, 2.05) is 11.5 Å². The number of likely N-dealkylation sites (tertiary alicyclic amines) is 1. The van der Waals surface area contributed by atoms with Crippen LogP contribution in [0.4, 0.5) is 4.39 Å². The third-order valence-electron chi connectivity index (χ3n) is 11.2. The number of piperidine rings is 1. The largest absolute Gasteiger partial charge is 0.415 e. The third-order valence-corrected chi connectivity index (χ3v) is 11.2. The summed E-state index contributed by atoms with van der Waals surface area (Å²) in [6, 6.07) is 4.60. The van der Waals surface area contributed by atoms with Crippen LogP contribution in [0.25, 0.3) is 11.0 Å². The number of quaternary nitrogens is 1. The van der Waals surface area contributed by atoms with Crippen molar-refractivity contribution in [3.05, 3.63) is 57.1 Å². The summed E-state index contributed by atoms with van der Waals surface area (Å²) < 4.78 is 27.7. The standard InChI is InChI=1S/C40H60FN4O4/c1-3-4-5-6-7-8-9-10-11-12-13-14-15-19-38(46)48-30-45(28-24-34-31(2)42-37-18-16-17-25-44(37)40(34)47)26-22-32(23-27-45)39-35-21-20-33(41)29-36(35)49-43-39/h20-21,29,32H,3-19,22-28,30H2,1-2H3/q+1. The average Bonchev–Trinajstić information content (AvgIpc) is 3.52. The number of unbranched alkanes of at least 4 members (excludes halogenated alkanes) is 12. The smallest absolute Gasteiger partial charge is 0.310 e. The lowest BCUT2D eigenvalue weighted by Gasteiger charge is -2.42. The number of carbonyl (C=O) groups excluding carboxylic acids is 1. The van der Waals surface area contributed by atoms with E-state index in [9.17, 15) is 14.0 Å². The molecule has 0 spiro atoms. The number of esters is 1. The number of fused-ring (bicyclic) bond motifs is 2. The van der Waals surface area contributed by atoms with Gasteiger partial charge in [0, 0.05) is 67.3 Å². The molecule has 0 amide bonds. The van der Waals surface area contributed by atoms with Gasteiger partial charge in [-0.25, -0.2) is 9.37 Å². The van der Waals surface area contributed by atoms with Crippen LogP contribution in [-0.4, -0.2) is 51.5 Å². The number of nitrogens with zero attached hydrogens (tertiary/aromatic N) is 4. The van der Waals surface area contributed by atoms with Crippen LogP contribution >= 0.6 is 0 Å². The van der Waals surface area contributed by atoms with Crippen LogP contribution in [0.5, 0.6) is 0 Å². The van der Waals surface area contributed by atoms with Crippen LogP contribution in [0.2, 0.25) is 0 Å². The van der Waals surface area contributed by atoms with Gasteiger partial charge < -0.3 is 9.26 Å². The summed E-state index contributed by atoms with van der Waals surface area (Å²) in [7, 11) is 0. The first-order valence-electron chi connectivity index (χ1n) is 19.5. The van der Waals surface area contributed by atoms with Crippen molar-refractivity contribution in [2.24, 2.45) is 0 Å². The Morgan fingerprint density at radius 3 is 2.35 bits per heavy atom. The molecule has 3 aromatic rings. The summed E-state index contributed by atoms with van der Waals surface area (Å²) in [6.45, 7) is 7.57. The highest BCUT2D eigenvalue weighted by Crippen LogP contribution is 2.35. The zero-order valence-corrected chi connectivity index (χ0v) is 30.3. The predicted octanol–water partition coefficient (Wildman–Crippen LogP) is 9.09. The summed E-state index contributed by atoms with van der Waals surface area (Å²) in [5.74, 6) is 0.623. The molecule has 2 aliphatic rings. The van der Waals surface area contributed by atoms with Crippen molar-refractivity contribution in [1.29, 1.82) is 0 Å². The maximum Gasteiger partial charge on any atom is 0.310 e. The minimum Gasteiger partial charge on any atom is -0.415 e. The summed E-state index contributed by atoms with van der Waals surface area (Å²) in [5, 5.41) is 5.20. The van der Waals surface area contributed by atoms with Gasteiger partial charge in [0.25, 0.3) is 5.56 Å². The maximum atomic E-state index is 13.8. The van der Waals surface area contributed by atoms with E-state index < -0.39 is 0 Å². The molecular formula is C40H60FN4O4+. The molecule has 49 heavy (non-hydrogen) atoms. The summed E-state index contributed by atoms with van der Waals surface area (Å²) >= 11 is 0. The molecule has 0 radical (unpaired) electrons. The first kappa shape index (κ1) is 37.2. The zero-order chi connectivity index (χ0) is 34.5. The molecule has 1 saturated heterocycles. The van der Waals surface area contributed by atoms with E-state index in [2.05, 4.69) is 12.1 Å². The predicted molar refractivity (Wildman–Crippen MR) is 192 cm³/mol. The van der Waals surface area contributed by atoms with Gasteiger partial charge in [-0.15, -0.1) is 0 Å². The number of hydrogen-bond acceptors (Lipinski definition) is 6. The third kappa shape index (κ3) is 10.5. The van der Waals surface area contributed by atoms with Crippen molar-refractivity contribution in [3.63, 3.8) is 0 Å². The Kier molecular flexibility index (Phi) is 14.3. The Labute approximate surface area is 292 Å². The summed E-state index contributed by atoms with van der Waals surface area (Å²) in [5.41, 5.74) is 3.05. The van der Waals surface area contributed by atoms with E-state index in [0.717, 1.165) is 92.7 Å². The fraction of sp³-hybridized carbons (Fsp3) is 0.700. The van der Waals surface area contributed by atoms with Crippen LogP contribution in [0.15, 0.2) is 27.5 Å². The Morgan fingerprint density at radius 2 is 1.65 bits per heavy atom. The molecule has 0 atom stereocenters. The molecule has 0 aliphatic carbocycles. The van der Waals surface area contributed by atoms with Gasteiger partial charge >= 0.3 is 5.97 Å². The van der Waals surface area contributed by atoms with Crippen molar-refractivity contribution >= 4 is 16.9 Å². The maximum absolute atomic E-state index is 13.8. The molecule has 0 N–H and O–H groups in total. The van der Waals surface area contributed by atoms with Crippen LogP contribution < -0.4 is 5.56 Å². The van der Waals surface area contributed by atoms with Gasteiger partial charge in [0.15, 0.2) is 5.58 Å². The van der Waals surface area contributed by atoms with Gasteiger partial charge in [-0.3, -0.25) is 18.6 Å². The van der Waals surface area contributed by atoms with Crippen molar-refractivity contribution in [2.45, 2.75) is 155 Å². The highest BCUT2D eigenvalue weighted by atomic mass is 19.1. The Morgan fingerprint density at radius 1 is 0.980 bits per heavy atom. The van der Waals surface area contributed by atoms with Crippen LogP contribution in [-0.2, 0) is 28.9 Å². The fourth-order valence-corrected chi connectivity index (χ4v) is 7.97. The van der Waals surface area contributed by atoms with E-state index in [4.69, 9.17) is 14.2 Å². The van der Waals surface area contributed by atoms with E-state index in [1.54, 1.807) is 6.07 Å². The molecule has 8 nitrogen and oxygen atoms in total. The highest BCUT2D eigenvalue weighted by Gasteiger charge is 2.37. The van der Waals surface area contributed by atoms with Crippen LogP contribution in [0.3, 0.4) is 0 Å². The molecule has 4 heterocycles. The first-order valence-corrected chi connectivity index (χ1v) is 19.5. The average molecular weight is 680 g/mol.